The number of rotatable bonds is 5. The Labute approximate surface area is 136 Å². The summed E-state index contributed by atoms with van der Waals surface area (Å²) >= 11 is 0. The van der Waals surface area contributed by atoms with Crippen molar-refractivity contribution in [1.29, 1.82) is 0 Å². The van der Waals surface area contributed by atoms with Crippen molar-refractivity contribution in [2.24, 2.45) is 0 Å². The predicted octanol–water partition coefficient (Wildman–Crippen LogP) is 1.27. The van der Waals surface area contributed by atoms with Crippen LogP contribution in [0, 0.1) is 0 Å². The SMILES string of the molecule is O=C(CN1CCCNC1=O)NCC(O)c1ccccc1C(F)(F)F. The zero-order chi connectivity index (χ0) is 17.7. The monoisotopic (exact) mass is 345 g/mol. The number of halogens is 3. The molecular formula is C15H18F3N3O3. The lowest BCUT2D eigenvalue weighted by atomic mass is 10.0. The van der Waals surface area contributed by atoms with Gasteiger partial charge in [-0.1, -0.05) is 18.2 Å². The number of hydrogen-bond acceptors (Lipinski definition) is 3. The quantitative estimate of drug-likeness (QED) is 0.752. The van der Waals surface area contributed by atoms with E-state index in [0.29, 0.717) is 19.5 Å². The Morgan fingerprint density at radius 2 is 2.08 bits per heavy atom. The van der Waals surface area contributed by atoms with Crippen LogP contribution in [0.3, 0.4) is 0 Å². The van der Waals surface area contributed by atoms with E-state index in [4.69, 9.17) is 0 Å². The summed E-state index contributed by atoms with van der Waals surface area (Å²) in [4.78, 5) is 24.6. The minimum Gasteiger partial charge on any atom is -0.387 e. The molecule has 1 aliphatic heterocycles. The van der Waals surface area contributed by atoms with Crippen LogP contribution in [0.2, 0.25) is 0 Å². The predicted molar refractivity (Wildman–Crippen MR) is 79.0 cm³/mol. The van der Waals surface area contributed by atoms with Gasteiger partial charge in [0, 0.05) is 19.6 Å². The van der Waals surface area contributed by atoms with Gasteiger partial charge in [0.1, 0.15) is 6.54 Å². The van der Waals surface area contributed by atoms with Crippen molar-refractivity contribution in [1.82, 2.24) is 15.5 Å². The zero-order valence-electron chi connectivity index (χ0n) is 12.8. The molecule has 24 heavy (non-hydrogen) atoms. The Kier molecular flexibility index (Phi) is 5.66. The molecule has 1 fully saturated rings. The van der Waals surface area contributed by atoms with Crippen molar-refractivity contribution in [3.63, 3.8) is 0 Å². The molecule has 3 N–H and O–H groups in total. The molecular weight excluding hydrogens is 327 g/mol. The van der Waals surface area contributed by atoms with E-state index in [0.717, 1.165) is 12.1 Å². The van der Waals surface area contributed by atoms with Gasteiger partial charge in [-0.05, 0) is 18.1 Å². The maximum absolute atomic E-state index is 12.9. The van der Waals surface area contributed by atoms with Crippen molar-refractivity contribution in [2.45, 2.75) is 18.7 Å². The molecule has 0 spiro atoms. The topological polar surface area (TPSA) is 81.7 Å². The molecule has 1 heterocycles. The van der Waals surface area contributed by atoms with Gasteiger partial charge < -0.3 is 20.6 Å². The first kappa shape index (κ1) is 18.1. The van der Waals surface area contributed by atoms with Gasteiger partial charge in [-0.3, -0.25) is 4.79 Å². The summed E-state index contributed by atoms with van der Waals surface area (Å²) in [7, 11) is 0. The maximum Gasteiger partial charge on any atom is 0.416 e. The molecule has 1 aromatic rings. The third-order valence-corrected chi connectivity index (χ3v) is 3.62. The van der Waals surface area contributed by atoms with E-state index in [2.05, 4.69) is 10.6 Å². The average molecular weight is 345 g/mol. The number of hydrogen-bond donors (Lipinski definition) is 3. The van der Waals surface area contributed by atoms with Crippen LogP contribution in [0.25, 0.3) is 0 Å². The summed E-state index contributed by atoms with van der Waals surface area (Å²) in [5, 5.41) is 14.9. The maximum atomic E-state index is 12.9. The van der Waals surface area contributed by atoms with Gasteiger partial charge in [-0.2, -0.15) is 13.2 Å². The van der Waals surface area contributed by atoms with Gasteiger partial charge in [0.2, 0.25) is 5.91 Å². The molecule has 6 nitrogen and oxygen atoms in total. The van der Waals surface area contributed by atoms with E-state index in [-0.39, 0.29) is 24.7 Å². The lowest BCUT2D eigenvalue weighted by Crippen LogP contribution is -2.50. The molecule has 9 heteroatoms. The Hall–Kier alpha value is -2.29. The molecule has 0 aliphatic carbocycles. The fraction of sp³-hybridized carbons (Fsp3) is 0.467. The minimum absolute atomic E-state index is 0.209. The number of alkyl halides is 3. The van der Waals surface area contributed by atoms with Crippen molar-refractivity contribution in [2.75, 3.05) is 26.2 Å². The van der Waals surface area contributed by atoms with Crippen LogP contribution in [-0.4, -0.2) is 48.1 Å². The van der Waals surface area contributed by atoms with E-state index in [9.17, 15) is 27.9 Å². The van der Waals surface area contributed by atoms with Crippen LogP contribution in [-0.2, 0) is 11.0 Å². The highest BCUT2D eigenvalue weighted by Gasteiger charge is 2.34. The highest BCUT2D eigenvalue weighted by Crippen LogP contribution is 2.34. The van der Waals surface area contributed by atoms with Crippen molar-refractivity contribution in [3.05, 3.63) is 35.4 Å². The fourth-order valence-electron chi connectivity index (χ4n) is 2.42. The molecule has 132 valence electrons. The third kappa shape index (κ3) is 4.60. The Morgan fingerprint density at radius 3 is 2.75 bits per heavy atom. The Balaban J connectivity index is 1.92. The van der Waals surface area contributed by atoms with Crippen molar-refractivity contribution < 1.29 is 27.9 Å². The number of carbonyl (C=O) groups is 2. The normalized spacial score (nSPS) is 16.5. The second-order valence-corrected chi connectivity index (χ2v) is 5.41. The molecule has 1 unspecified atom stereocenters. The first-order chi connectivity index (χ1) is 11.3. The average Bonchev–Trinajstić information content (AvgIpc) is 2.54. The standard InChI is InChI=1S/C15H18F3N3O3/c16-15(17,18)11-5-2-1-4-10(11)12(22)8-20-13(23)9-21-7-3-6-19-14(21)24/h1-2,4-5,12,22H,3,6-9H2,(H,19,24)(H,20,23). The molecule has 0 bridgehead atoms. The van der Waals surface area contributed by atoms with E-state index in [1.165, 1.54) is 17.0 Å². The summed E-state index contributed by atoms with van der Waals surface area (Å²) in [5.74, 6) is -0.546. The fourth-order valence-corrected chi connectivity index (χ4v) is 2.42. The highest BCUT2D eigenvalue weighted by atomic mass is 19.4. The van der Waals surface area contributed by atoms with Crippen LogP contribution in [0.1, 0.15) is 23.7 Å². The molecule has 0 radical (unpaired) electrons. The minimum atomic E-state index is -4.59. The lowest BCUT2D eigenvalue weighted by molar-refractivity contribution is -0.139. The third-order valence-electron chi connectivity index (χ3n) is 3.62. The molecule has 1 saturated heterocycles. The van der Waals surface area contributed by atoms with E-state index in [1.54, 1.807) is 0 Å². The van der Waals surface area contributed by atoms with Gasteiger partial charge in [0.15, 0.2) is 0 Å². The van der Waals surface area contributed by atoms with Crippen LogP contribution in [0.4, 0.5) is 18.0 Å². The number of aliphatic hydroxyl groups is 1. The van der Waals surface area contributed by atoms with Crippen LogP contribution in [0.5, 0.6) is 0 Å². The molecule has 1 atom stereocenters. The second kappa shape index (κ2) is 7.52. The summed E-state index contributed by atoms with van der Waals surface area (Å²) in [6, 6.07) is 4.29. The zero-order valence-corrected chi connectivity index (χ0v) is 12.8. The molecule has 1 aromatic carbocycles. The highest BCUT2D eigenvalue weighted by molar-refractivity contribution is 5.84. The Bertz CT molecular complexity index is 607. The number of nitrogens with one attached hydrogen (secondary N) is 2. The number of aliphatic hydroxyl groups excluding tert-OH is 1. The van der Waals surface area contributed by atoms with Gasteiger partial charge in [-0.25, -0.2) is 4.79 Å². The van der Waals surface area contributed by atoms with Gasteiger partial charge in [0.25, 0.3) is 0 Å². The first-order valence-corrected chi connectivity index (χ1v) is 7.42. The van der Waals surface area contributed by atoms with Crippen LogP contribution in [0.15, 0.2) is 24.3 Å². The van der Waals surface area contributed by atoms with E-state index < -0.39 is 23.8 Å². The summed E-state index contributed by atoms with van der Waals surface area (Å²) in [6.07, 6.45) is -5.38. The van der Waals surface area contributed by atoms with Crippen LogP contribution >= 0.6 is 0 Å². The van der Waals surface area contributed by atoms with E-state index in [1.807, 2.05) is 0 Å². The number of amides is 3. The number of urea groups is 1. The number of benzene rings is 1. The molecule has 0 aromatic heterocycles. The molecule has 1 aliphatic rings. The van der Waals surface area contributed by atoms with Gasteiger partial charge in [-0.15, -0.1) is 0 Å². The first-order valence-electron chi connectivity index (χ1n) is 7.42. The molecule has 2 rings (SSSR count). The van der Waals surface area contributed by atoms with Crippen molar-refractivity contribution >= 4 is 11.9 Å². The molecule has 0 saturated carbocycles. The van der Waals surface area contributed by atoms with Crippen molar-refractivity contribution in [3.8, 4) is 0 Å². The van der Waals surface area contributed by atoms with Gasteiger partial charge in [0.05, 0.1) is 11.7 Å². The summed E-state index contributed by atoms with van der Waals surface area (Å²) in [5.41, 5.74) is -1.25. The summed E-state index contributed by atoms with van der Waals surface area (Å²) < 4.78 is 38.7. The second-order valence-electron chi connectivity index (χ2n) is 5.41. The number of nitrogens with zero attached hydrogens (tertiary/aromatic N) is 1. The number of carbonyl (C=O) groups excluding carboxylic acids is 2. The smallest absolute Gasteiger partial charge is 0.387 e. The molecule has 3 amide bonds. The lowest BCUT2D eigenvalue weighted by Gasteiger charge is -2.27. The van der Waals surface area contributed by atoms with Gasteiger partial charge >= 0.3 is 12.2 Å². The van der Waals surface area contributed by atoms with E-state index >= 15 is 0 Å². The Morgan fingerprint density at radius 1 is 1.38 bits per heavy atom. The largest absolute Gasteiger partial charge is 0.416 e. The van der Waals surface area contributed by atoms with Crippen LogP contribution < -0.4 is 10.6 Å². The summed E-state index contributed by atoms with van der Waals surface area (Å²) in [6.45, 7) is 0.392.